The summed E-state index contributed by atoms with van der Waals surface area (Å²) in [7, 11) is 1.12. The van der Waals surface area contributed by atoms with Gasteiger partial charge >= 0.3 is 0 Å². The van der Waals surface area contributed by atoms with Crippen LogP contribution >= 0.6 is 22.3 Å². The van der Waals surface area contributed by atoms with Crippen LogP contribution < -0.4 is 0 Å². The average molecular weight is 243 g/mol. The molecule has 0 aromatic heterocycles. The van der Waals surface area contributed by atoms with Gasteiger partial charge in [-0.2, -0.15) is 0 Å². The molecule has 1 aromatic carbocycles. The second kappa shape index (κ2) is 3.82. The molecule has 0 radical (unpaired) electrons. The fraction of sp³-hybridized carbons (Fsp3) is 0.143. The molecule has 1 atom stereocenters. The first-order valence-corrected chi connectivity index (χ1v) is 5.99. The van der Waals surface area contributed by atoms with Gasteiger partial charge in [0, 0.05) is 16.2 Å². The van der Waals surface area contributed by atoms with Crippen LogP contribution in [0.5, 0.6) is 0 Å². The molecule has 0 aliphatic rings. The number of halogens is 3. The quantitative estimate of drug-likeness (QED) is 0.591. The average Bonchev–Trinajstić information content (AvgIpc) is 2.03. The van der Waals surface area contributed by atoms with Gasteiger partial charge in [0.1, 0.15) is 0 Å². The van der Waals surface area contributed by atoms with E-state index >= 15 is 0 Å². The third-order valence-corrected chi connectivity index (χ3v) is 3.05. The molecule has 0 N–H and O–H groups in total. The van der Waals surface area contributed by atoms with E-state index in [4.69, 9.17) is 22.3 Å². The lowest BCUT2D eigenvalue weighted by molar-refractivity contribution is 0.454. The van der Waals surface area contributed by atoms with Gasteiger partial charge in [0.25, 0.3) is 9.05 Å². The smallest absolute Gasteiger partial charge is 0.225 e. The van der Waals surface area contributed by atoms with Crippen molar-refractivity contribution < 1.29 is 12.8 Å². The number of benzene rings is 1. The van der Waals surface area contributed by atoms with Crippen LogP contribution in [-0.2, 0) is 9.05 Å². The lowest BCUT2D eigenvalue weighted by Gasteiger charge is -2.04. The fourth-order valence-electron chi connectivity index (χ4n) is 0.883. The minimum atomic E-state index is -3.93. The van der Waals surface area contributed by atoms with Crippen molar-refractivity contribution in [1.29, 1.82) is 0 Å². The normalized spacial score (nSPS) is 14.1. The Morgan fingerprint density at radius 2 is 1.85 bits per heavy atom. The monoisotopic (exact) mass is 242 g/mol. The van der Waals surface area contributed by atoms with Crippen LogP contribution in [0.15, 0.2) is 29.2 Å². The molecule has 0 fully saturated rings. The van der Waals surface area contributed by atoms with Gasteiger partial charge in [-0.1, -0.05) is 29.8 Å². The van der Waals surface area contributed by atoms with Crippen molar-refractivity contribution in [1.82, 2.24) is 0 Å². The minimum Gasteiger partial charge on any atom is -0.225 e. The van der Waals surface area contributed by atoms with Crippen molar-refractivity contribution in [2.75, 3.05) is 0 Å². The summed E-state index contributed by atoms with van der Waals surface area (Å²) in [5.74, 6) is 0. The molecule has 6 heteroatoms. The summed E-state index contributed by atoms with van der Waals surface area (Å²) < 4.78 is 34.5. The van der Waals surface area contributed by atoms with Crippen LogP contribution in [-0.4, -0.2) is 8.42 Å². The number of hydrogen-bond donors (Lipinski definition) is 0. The highest BCUT2D eigenvalue weighted by molar-refractivity contribution is 8.13. The summed E-state index contributed by atoms with van der Waals surface area (Å²) >= 11 is 5.12. The Hall–Kier alpha value is -0.320. The first-order valence-electron chi connectivity index (χ1n) is 3.24. The Labute approximate surface area is 84.7 Å². The van der Waals surface area contributed by atoms with Crippen molar-refractivity contribution in [3.8, 4) is 0 Å². The van der Waals surface area contributed by atoms with E-state index in [1.54, 1.807) is 0 Å². The van der Waals surface area contributed by atoms with Gasteiger partial charge in [-0.3, -0.25) is 0 Å². The molecule has 0 aliphatic heterocycles. The molecule has 2 nitrogen and oxygen atoms in total. The van der Waals surface area contributed by atoms with Crippen LogP contribution in [0.2, 0.25) is 0 Å². The highest BCUT2D eigenvalue weighted by atomic mass is 35.7. The van der Waals surface area contributed by atoms with E-state index in [-0.39, 0.29) is 10.5 Å². The molecule has 0 amide bonds. The van der Waals surface area contributed by atoms with Gasteiger partial charge < -0.3 is 0 Å². The molecule has 0 aliphatic carbocycles. The van der Waals surface area contributed by atoms with E-state index < -0.39 is 14.7 Å². The molecule has 0 saturated carbocycles. The Morgan fingerprint density at radius 3 is 2.23 bits per heavy atom. The molecule has 0 bridgehead atoms. The Bertz CT molecular complexity index is 403. The maximum Gasteiger partial charge on any atom is 0.261 e. The molecule has 13 heavy (non-hydrogen) atoms. The molecule has 0 heterocycles. The SMILES string of the molecule is O=S(=O)(Cl)c1ccccc1C(F)Cl. The van der Waals surface area contributed by atoms with Crippen LogP contribution in [0, 0.1) is 0 Å². The first kappa shape index (κ1) is 10.8. The van der Waals surface area contributed by atoms with Crippen molar-refractivity contribution in [3.05, 3.63) is 29.8 Å². The summed E-state index contributed by atoms with van der Waals surface area (Å²) in [6.45, 7) is 0. The Kier molecular flexibility index (Phi) is 3.16. The number of rotatable bonds is 2. The predicted molar refractivity (Wildman–Crippen MR) is 49.2 cm³/mol. The van der Waals surface area contributed by atoms with Crippen molar-refractivity contribution in [2.24, 2.45) is 0 Å². The maximum absolute atomic E-state index is 12.7. The zero-order chi connectivity index (χ0) is 10.1. The molecule has 0 saturated heterocycles. The standard InChI is InChI=1S/C7H5Cl2FO2S/c8-7(10)5-3-1-2-4-6(5)13(9,11)12/h1-4,7H. The van der Waals surface area contributed by atoms with Gasteiger partial charge in [0.2, 0.25) is 0 Å². The third-order valence-electron chi connectivity index (χ3n) is 1.42. The lowest BCUT2D eigenvalue weighted by atomic mass is 10.2. The highest BCUT2D eigenvalue weighted by Crippen LogP contribution is 2.29. The second-order valence-corrected chi connectivity index (χ2v) is 5.19. The van der Waals surface area contributed by atoms with E-state index in [9.17, 15) is 12.8 Å². The molecular formula is C7H5Cl2FO2S. The van der Waals surface area contributed by atoms with Crippen LogP contribution in [0.3, 0.4) is 0 Å². The van der Waals surface area contributed by atoms with Gasteiger partial charge in [0.15, 0.2) is 5.63 Å². The Balaban J connectivity index is 3.37. The zero-order valence-electron chi connectivity index (χ0n) is 6.25. The molecule has 1 aromatic rings. The maximum atomic E-state index is 12.7. The fourth-order valence-corrected chi connectivity index (χ4v) is 2.25. The molecular weight excluding hydrogens is 238 g/mol. The van der Waals surface area contributed by atoms with Crippen LogP contribution in [0.25, 0.3) is 0 Å². The zero-order valence-corrected chi connectivity index (χ0v) is 8.57. The number of alkyl halides is 2. The van der Waals surface area contributed by atoms with E-state index in [1.807, 2.05) is 0 Å². The van der Waals surface area contributed by atoms with Crippen molar-refractivity contribution in [3.63, 3.8) is 0 Å². The summed E-state index contributed by atoms with van der Waals surface area (Å²) in [5.41, 5.74) is -2.01. The summed E-state index contributed by atoms with van der Waals surface area (Å²) in [6.07, 6.45) is 0. The third kappa shape index (κ3) is 2.56. The van der Waals surface area contributed by atoms with Crippen LogP contribution in [0.4, 0.5) is 4.39 Å². The Morgan fingerprint density at radius 1 is 1.31 bits per heavy atom. The summed E-state index contributed by atoms with van der Waals surface area (Å²) in [4.78, 5) is -0.292. The predicted octanol–water partition coefficient (Wildman–Crippen LogP) is 2.82. The van der Waals surface area contributed by atoms with Gasteiger partial charge in [-0.25, -0.2) is 12.8 Å². The molecule has 0 spiro atoms. The lowest BCUT2D eigenvalue weighted by Crippen LogP contribution is -1.97. The van der Waals surface area contributed by atoms with E-state index in [0.29, 0.717) is 0 Å². The molecule has 1 unspecified atom stereocenters. The van der Waals surface area contributed by atoms with Crippen molar-refractivity contribution in [2.45, 2.75) is 10.5 Å². The van der Waals surface area contributed by atoms with E-state index in [1.165, 1.54) is 24.3 Å². The van der Waals surface area contributed by atoms with Gasteiger partial charge in [-0.05, 0) is 6.07 Å². The van der Waals surface area contributed by atoms with Gasteiger partial charge in [-0.15, -0.1) is 0 Å². The summed E-state index contributed by atoms with van der Waals surface area (Å²) in [6, 6.07) is 5.40. The van der Waals surface area contributed by atoms with Crippen LogP contribution in [0.1, 0.15) is 11.2 Å². The molecule has 1 rings (SSSR count). The second-order valence-electron chi connectivity index (χ2n) is 2.28. The van der Waals surface area contributed by atoms with E-state index in [2.05, 4.69) is 0 Å². The first-order chi connectivity index (χ1) is 5.93. The topological polar surface area (TPSA) is 34.1 Å². The van der Waals surface area contributed by atoms with E-state index in [0.717, 1.165) is 0 Å². The number of hydrogen-bond acceptors (Lipinski definition) is 2. The minimum absolute atomic E-state index is 0.140. The summed E-state index contributed by atoms with van der Waals surface area (Å²) in [5, 5.41) is 0. The van der Waals surface area contributed by atoms with Crippen molar-refractivity contribution >= 4 is 31.3 Å². The highest BCUT2D eigenvalue weighted by Gasteiger charge is 2.19. The van der Waals surface area contributed by atoms with Gasteiger partial charge in [0.05, 0.1) is 4.90 Å². The largest absolute Gasteiger partial charge is 0.261 e. The molecule has 72 valence electrons.